The molecular weight excluding hydrogens is 333 g/mol. The van der Waals surface area contributed by atoms with Crippen LogP contribution in [0.25, 0.3) is 0 Å². The molecule has 7 heteroatoms. The molecule has 0 saturated carbocycles. The number of hydrogen-bond donors (Lipinski definition) is 2. The second kappa shape index (κ2) is 7.38. The van der Waals surface area contributed by atoms with Gasteiger partial charge in [0.2, 0.25) is 5.91 Å². The molecule has 21 heavy (non-hydrogen) atoms. The first-order valence-electron chi connectivity index (χ1n) is 6.21. The second-order valence-electron chi connectivity index (χ2n) is 5.57. The van der Waals surface area contributed by atoms with Crippen LogP contribution in [0.4, 0.5) is 0 Å². The van der Waals surface area contributed by atoms with Crippen molar-refractivity contribution in [1.82, 2.24) is 5.32 Å². The van der Waals surface area contributed by atoms with Gasteiger partial charge in [0, 0.05) is 9.92 Å². The molecule has 0 bridgehead atoms. The normalized spacial score (nSPS) is 12.8. The summed E-state index contributed by atoms with van der Waals surface area (Å²) in [7, 11) is 0. The van der Waals surface area contributed by atoms with Crippen LogP contribution in [0, 0.1) is 5.41 Å². The number of hydrogen-bond acceptors (Lipinski definition) is 3. The number of halogens is 2. The van der Waals surface area contributed by atoms with E-state index in [1.807, 2.05) is 0 Å². The maximum absolute atomic E-state index is 11.9. The number of rotatable bonds is 5. The Hall–Kier alpha value is -0.910. The number of carboxylic acids is 1. The van der Waals surface area contributed by atoms with Crippen molar-refractivity contribution in [2.24, 2.45) is 5.41 Å². The van der Waals surface area contributed by atoms with Crippen LogP contribution >= 0.6 is 35.0 Å². The Kier molecular flexibility index (Phi) is 6.38. The van der Waals surface area contributed by atoms with Gasteiger partial charge in [0.25, 0.3) is 0 Å². The molecule has 0 aromatic heterocycles. The molecule has 0 heterocycles. The third-order valence-electron chi connectivity index (χ3n) is 2.67. The Bertz CT molecular complexity index is 544. The van der Waals surface area contributed by atoms with Crippen molar-refractivity contribution in [1.29, 1.82) is 0 Å². The van der Waals surface area contributed by atoms with Crippen LogP contribution in [0.15, 0.2) is 23.1 Å². The summed E-state index contributed by atoms with van der Waals surface area (Å²) in [5.74, 6) is -1.35. The van der Waals surface area contributed by atoms with Gasteiger partial charge < -0.3 is 10.4 Å². The Morgan fingerprint density at radius 1 is 1.33 bits per heavy atom. The van der Waals surface area contributed by atoms with Crippen molar-refractivity contribution < 1.29 is 14.7 Å². The van der Waals surface area contributed by atoms with Crippen molar-refractivity contribution in [2.75, 3.05) is 5.75 Å². The van der Waals surface area contributed by atoms with Gasteiger partial charge in [0.1, 0.15) is 6.04 Å². The van der Waals surface area contributed by atoms with Gasteiger partial charge in [-0.1, -0.05) is 44.0 Å². The molecular formula is C14H17Cl2NO3S. The van der Waals surface area contributed by atoms with Crippen molar-refractivity contribution >= 4 is 46.8 Å². The molecule has 4 nitrogen and oxygen atoms in total. The van der Waals surface area contributed by atoms with Gasteiger partial charge in [-0.3, -0.25) is 4.79 Å². The SMILES string of the molecule is CC(C)(C)C(NC(=O)CSc1cc(Cl)ccc1Cl)C(=O)O. The molecule has 0 aliphatic heterocycles. The van der Waals surface area contributed by atoms with E-state index in [2.05, 4.69) is 5.32 Å². The topological polar surface area (TPSA) is 66.4 Å². The first-order valence-corrected chi connectivity index (χ1v) is 7.95. The summed E-state index contributed by atoms with van der Waals surface area (Å²) >= 11 is 13.1. The molecule has 0 aliphatic carbocycles. The van der Waals surface area contributed by atoms with Crippen LogP contribution in [0.1, 0.15) is 20.8 Å². The van der Waals surface area contributed by atoms with Crippen LogP contribution in [0.3, 0.4) is 0 Å². The minimum absolute atomic E-state index is 0.0694. The lowest BCUT2D eigenvalue weighted by molar-refractivity contribution is -0.144. The number of carboxylic acid groups (broad SMARTS) is 1. The predicted molar refractivity (Wildman–Crippen MR) is 86.2 cm³/mol. The molecule has 0 aliphatic rings. The molecule has 1 unspecified atom stereocenters. The van der Waals surface area contributed by atoms with E-state index in [-0.39, 0.29) is 11.7 Å². The van der Waals surface area contributed by atoms with Crippen molar-refractivity contribution in [3.05, 3.63) is 28.2 Å². The minimum Gasteiger partial charge on any atom is -0.480 e. The average Bonchev–Trinajstić information content (AvgIpc) is 2.35. The highest BCUT2D eigenvalue weighted by molar-refractivity contribution is 8.00. The summed E-state index contributed by atoms with van der Waals surface area (Å²) in [5.41, 5.74) is -0.570. The molecule has 0 saturated heterocycles. The molecule has 0 fully saturated rings. The van der Waals surface area contributed by atoms with E-state index < -0.39 is 17.4 Å². The first kappa shape index (κ1) is 18.1. The van der Waals surface area contributed by atoms with Crippen molar-refractivity contribution in [3.8, 4) is 0 Å². The van der Waals surface area contributed by atoms with E-state index in [1.165, 1.54) is 11.8 Å². The van der Waals surface area contributed by atoms with Gasteiger partial charge in [-0.2, -0.15) is 0 Å². The highest BCUT2D eigenvalue weighted by Crippen LogP contribution is 2.29. The van der Waals surface area contributed by atoms with E-state index in [1.54, 1.807) is 39.0 Å². The van der Waals surface area contributed by atoms with Gasteiger partial charge >= 0.3 is 5.97 Å². The highest BCUT2D eigenvalue weighted by atomic mass is 35.5. The van der Waals surface area contributed by atoms with E-state index in [4.69, 9.17) is 28.3 Å². The fourth-order valence-corrected chi connectivity index (χ4v) is 2.89. The third kappa shape index (κ3) is 5.77. The van der Waals surface area contributed by atoms with Crippen LogP contribution in [0.2, 0.25) is 10.0 Å². The summed E-state index contributed by atoms with van der Waals surface area (Å²) in [6, 6.07) is 4.04. The standard InChI is InChI=1S/C14H17Cl2NO3S/c1-14(2,3)12(13(19)20)17-11(18)7-21-10-6-8(15)4-5-9(10)16/h4-6,12H,7H2,1-3H3,(H,17,18)(H,19,20). The lowest BCUT2D eigenvalue weighted by Gasteiger charge is -2.27. The van der Waals surface area contributed by atoms with Crippen LogP contribution in [-0.2, 0) is 9.59 Å². The predicted octanol–water partition coefficient (Wildman–Crippen LogP) is 3.70. The van der Waals surface area contributed by atoms with Crippen LogP contribution in [0.5, 0.6) is 0 Å². The fraction of sp³-hybridized carbons (Fsp3) is 0.429. The van der Waals surface area contributed by atoms with Gasteiger partial charge in [-0.05, 0) is 23.6 Å². The first-order chi connectivity index (χ1) is 9.61. The lowest BCUT2D eigenvalue weighted by Crippen LogP contribution is -2.49. The molecule has 1 aromatic rings. The molecule has 1 atom stereocenters. The van der Waals surface area contributed by atoms with Crippen LogP contribution < -0.4 is 5.32 Å². The minimum atomic E-state index is -1.05. The third-order valence-corrected chi connectivity index (χ3v) is 4.40. The lowest BCUT2D eigenvalue weighted by atomic mass is 9.87. The Morgan fingerprint density at radius 2 is 1.95 bits per heavy atom. The fourth-order valence-electron chi connectivity index (χ4n) is 1.58. The zero-order valence-electron chi connectivity index (χ0n) is 11.9. The highest BCUT2D eigenvalue weighted by Gasteiger charge is 2.32. The quantitative estimate of drug-likeness (QED) is 0.795. The average molecular weight is 350 g/mol. The maximum atomic E-state index is 11.9. The van der Waals surface area contributed by atoms with Crippen LogP contribution in [-0.4, -0.2) is 28.8 Å². The van der Waals surface area contributed by atoms with E-state index >= 15 is 0 Å². The largest absolute Gasteiger partial charge is 0.480 e. The molecule has 0 spiro atoms. The number of amides is 1. The van der Waals surface area contributed by atoms with Gasteiger partial charge in [-0.15, -0.1) is 11.8 Å². The van der Waals surface area contributed by atoms with E-state index in [9.17, 15) is 9.59 Å². The summed E-state index contributed by atoms with van der Waals surface area (Å²) in [5, 5.41) is 12.7. The van der Waals surface area contributed by atoms with E-state index in [0.717, 1.165) is 0 Å². The number of thioether (sulfide) groups is 1. The number of aliphatic carboxylic acids is 1. The molecule has 0 radical (unpaired) electrons. The summed E-state index contributed by atoms with van der Waals surface area (Å²) in [6.45, 7) is 5.27. The Balaban J connectivity index is 2.65. The zero-order chi connectivity index (χ0) is 16.2. The number of nitrogens with one attached hydrogen (secondary N) is 1. The van der Waals surface area contributed by atoms with Gasteiger partial charge in [0.15, 0.2) is 0 Å². The zero-order valence-corrected chi connectivity index (χ0v) is 14.3. The van der Waals surface area contributed by atoms with Gasteiger partial charge in [-0.25, -0.2) is 4.79 Å². The van der Waals surface area contributed by atoms with Crippen molar-refractivity contribution in [3.63, 3.8) is 0 Å². The number of carbonyl (C=O) groups is 2. The second-order valence-corrected chi connectivity index (χ2v) is 7.43. The monoisotopic (exact) mass is 349 g/mol. The smallest absolute Gasteiger partial charge is 0.326 e. The van der Waals surface area contributed by atoms with Crippen molar-refractivity contribution in [2.45, 2.75) is 31.7 Å². The maximum Gasteiger partial charge on any atom is 0.326 e. The summed E-state index contributed by atoms with van der Waals surface area (Å²) in [6.07, 6.45) is 0. The summed E-state index contributed by atoms with van der Waals surface area (Å²) < 4.78 is 0. The molecule has 1 aromatic carbocycles. The molecule has 1 rings (SSSR count). The van der Waals surface area contributed by atoms with E-state index in [0.29, 0.717) is 14.9 Å². The molecule has 1 amide bonds. The molecule has 116 valence electrons. The Morgan fingerprint density at radius 3 is 2.48 bits per heavy atom. The number of benzene rings is 1. The van der Waals surface area contributed by atoms with Gasteiger partial charge in [0.05, 0.1) is 10.8 Å². The Labute approximate surface area is 138 Å². The summed E-state index contributed by atoms with van der Waals surface area (Å²) in [4.78, 5) is 23.8. The molecule has 2 N–H and O–H groups in total. The number of carbonyl (C=O) groups excluding carboxylic acids is 1.